The van der Waals surface area contributed by atoms with Crippen LogP contribution in [0, 0.1) is 0 Å². The van der Waals surface area contributed by atoms with Crippen molar-refractivity contribution in [3.8, 4) is 0 Å². The topological polar surface area (TPSA) is 15.3 Å². The van der Waals surface area contributed by atoms with E-state index in [1.807, 2.05) is 0 Å². The van der Waals surface area contributed by atoms with Crippen molar-refractivity contribution >= 4 is 11.8 Å². The molecular formula is C17H32N2S. The van der Waals surface area contributed by atoms with Crippen LogP contribution in [0.3, 0.4) is 0 Å². The summed E-state index contributed by atoms with van der Waals surface area (Å²) in [5.74, 6) is 0. The lowest BCUT2D eigenvalue weighted by atomic mass is 9.79. The average molecular weight is 297 g/mol. The fourth-order valence-corrected chi connectivity index (χ4v) is 5.68. The van der Waals surface area contributed by atoms with E-state index in [0.717, 1.165) is 0 Å². The van der Waals surface area contributed by atoms with Crippen LogP contribution in [0.1, 0.15) is 64.7 Å². The van der Waals surface area contributed by atoms with Crippen molar-refractivity contribution in [3.05, 3.63) is 0 Å². The van der Waals surface area contributed by atoms with Crippen LogP contribution in [-0.4, -0.2) is 47.1 Å². The maximum absolute atomic E-state index is 3.92. The van der Waals surface area contributed by atoms with Crippen molar-refractivity contribution in [2.24, 2.45) is 0 Å². The van der Waals surface area contributed by atoms with Gasteiger partial charge in [-0.2, -0.15) is 11.8 Å². The fraction of sp³-hybridized carbons (Fsp3) is 1.00. The molecule has 20 heavy (non-hydrogen) atoms. The van der Waals surface area contributed by atoms with Crippen LogP contribution in [-0.2, 0) is 0 Å². The van der Waals surface area contributed by atoms with Gasteiger partial charge < -0.3 is 5.32 Å². The Labute approximate surface area is 129 Å². The molecule has 3 aliphatic rings. The largest absolute Gasteiger partial charge is 0.308 e. The quantitative estimate of drug-likeness (QED) is 0.855. The summed E-state index contributed by atoms with van der Waals surface area (Å²) in [5, 5.41) is 3.92. The van der Waals surface area contributed by atoms with E-state index in [9.17, 15) is 0 Å². The van der Waals surface area contributed by atoms with E-state index < -0.39 is 0 Å². The molecule has 1 aliphatic heterocycles. The lowest BCUT2D eigenvalue weighted by molar-refractivity contribution is 0.0559. The minimum Gasteiger partial charge on any atom is -0.308 e. The third kappa shape index (κ3) is 3.05. The van der Waals surface area contributed by atoms with Crippen molar-refractivity contribution in [1.82, 2.24) is 10.2 Å². The second-order valence-electron chi connectivity index (χ2n) is 7.57. The lowest BCUT2D eigenvalue weighted by Crippen LogP contribution is -2.65. The van der Waals surface area contributed by atoms with E-state index in [1.165, 1.54) is 77.4 Å². The lowest BCUT2D eigenvalue weighted by Gasteiger charge is -2.51. The summed E-state index contributed by atoms with van der Waals surface area (Å²) in [4.78, 5) is 2.84. The molecule has 3 rings (SSSR count). The van der Waals surface area contributed by atoms with Gasteiger partial charge in [0.1, 0.15) is 0 Å². The number of thioether (sulfide) groups is 1. The highest BCUT2D eigenvalue weighted by atomic mass is 32.2. The molecule has 2 saturated carbocycles. The first-order valence-corrected chi connectivity index (χ1v) is 9.94. The van der Waals surface area contributed by atoms with E-state index in [1.54, 1.807) is 0 Å². The summed E-state index contributed by atoms with van der Waals surface area (Å²) < 4.78 is 0.571. The molecule has 0 aromatic carbocycles. The van der Waals surface area contributed by atoms with Gasteiger partial charge in [0.25, 0.3) is 0 Å². The zero-order valence-corrected chi connectivity index (χ0v) is 14.2. The zero-order valence-electron chi connectivity index (χ0n) is 13.4. The zero-order chi connectivity index (χ0) is 14.1. The van der Waals surface area contributed by atoms with E-state index in [-0.39, 0.29) is 0 Å². The predicted molar refractivity (Wildman–Crippen MR) is 89.6 cm³/mol. The molecule has 1 N–H and O–H groups in total. The Morgan fingerprint density at radius 3 is 2.35 bits per heavy atom. The molecule has 1 atom stereocenters. The minimum absolute atomic E-state index is 0.461. The molecule has 3 fully saturated rings. The standard InChI is InChI=1S/C17H32N2S/c1-15-12-18-16(8-4-3-5-9-16)13-19(15)14-17(20-2)10-6-7-11-17/h15,18H,3-14H2,1-2H3. The van der Waals surface area contributed by atoms with Crippen LogP contribution >= 0.6 is 11.8 Å². The number of nitrogens with zero attached hydrogens (tertiary/aromatic N) is 1. The van der Waals surface area contributed by atoms with Gasteiger partial charge in [-0.25, -0.2) is 0 Å². The molecule has 2 aliphatic carbocycles. The van der Waals surface area contributed by atoms with Crippen molar-refractivity contribution < 1.29 is 0 Å². The first-order valence-electron chi connectivity index (χ1n) is 8.71. The predicted octanol–water partition coefficient (Wildman–Crippen LogP) is 3.66. The molecular weight excluding hydrogens is 264 g/mol. The highest BCUT2D eigenvalue weighted by molar-refractivity contribution is 8.00. The van der Waals surface area contributed by atoms with Crippen LogP contribution < -0.4 is 5.32 Å². The minimum atomic E-state index is 0.461. The third-order valence-electron chi connectivity index (χ3n) is 6.15. The van der Waals surface area contributed by atoms with Gasteiger partial charge >= 0.3 is 0 Å². The highest BCUT2D eigenvalue weighted by Gasteiger charge is 2.42. The number of nitrogens with one attached hydrogen (secondary N) is 1. The molecule has 0 aromatic rings. The third-order valence-corrected chi connectivity index (χ3v) is 7.55. The molecule has 2 nitrogen and oxygen atoms in total. The Kier molecular flexibility index (Phi) is 4.69. The highest BCUT2D eigenvalue weighted by Crippen LogP contribution is 2.42. The maximum atomic E-state index is 3.92. The first kappa shape index (κ1) is 15.2. The summed E-state index contributed by atoms with van der Waals surface area (Å²) in [6, 6.07) is 0.715. The summed E-state index contributed by atoms with van der Waals surface area (Å²) in [6.45, 7) is 6.26. The van der Waals surface area contributed by atoms with Gasteiger partial charge in [0.15, 0.2) is 0 Å². The van der Waals surface area contributed by atoms with Crippen LogP contribution in [0.5, 0.6) is 0 Å². The molecule has 1 saturated heterocycles. The van der Waals surface area contributed by atoms with Gasteiger partial charge in [-0.3, -0.25) is 4.90 Å². The molecule has 3 heteroatoms. The van der Waals surface area contributed by atoms with E-state index >= 15 is 0 Å². The SMILES string of the molecule is CSC1(CN2CC3(CCCCC3)NCC2C)CCCC1. The average Bonchev–Trinajstić information content (AvgIpc) is 2.93. The van der Waals surface area contributed by atoms with Crippen molar-refractivity contribution in [2.45, 2.75) is 81.0 Å². The molecule has 1 spiro atoms. The Hall–Kier alpha value is 0.270. The second kappa shape index (κ2) is 6.18. The van der Waals surface area contributed by atoms with Crippen LogP contribution in [0.25, 0.3) is 0 Å². The maximum Gasteiger partial charge on any atom is 0.0309 e. The molecule has 0 bridgehead atoms. The van der Waals surface area contributed by atoms with Gasteiger partial charge in [-0.05, 0) is 38.9 Å². The van der Waals surface area contributed by atoms with Crippen LogP contribution in [0.4, 0.5) is 0 Å². The van der Waals surface area contributed by atoms with Crippen LogP contribution in [0.2, 0.25) is 0 Å². The molecule has 1 unspecified atom stereocenters. The van der Waals surface area contributed by atoms with Crippen LogP contribution in [0.15, 0.2) is 0 Å². The summed E-state index contributed by atoms with van der Waals surface area (Å²) in [6.07, 6.45) is 15.3. The van der Waals surface area contributed by atoms with Crippen molar-refractivity contribution in [3.63, 3.8) is 0 Å². The normalized spacial score (nSPS) is 33.6. The molecule has 1 heterocycles. The first-order chi connectivity index (χ1) is 9.67. The van der Waals surface area contributed by atoms with E-state index in [0.29, 0.717) is 16.3 Å². The van der Waals surface area contributed by atoms with Gasteiger partial charge in [0, 0.05) is 36.0 Å². The number of piperazine rings is 1. The molecule has 116 valence electrons. The van der Waals surface area contributed by atoms with Gasteiger partial charge in [0.2, 0.25) is 0 Å². The van der Waals surface area contributed by atoms with Gasteiger partial charge in [-0.1, -0.05) is 32.1 Å². The smallest absolute Gasteiger partial charge is 0.0309 e. The molecule has 0 amide bonds. The Bertz CT molecular complexity index is 319. The second-order valence-corrected chi connectivity index (χ2v) is 8.84. The number of hydrogen-bond acceptors (Lipinski definition) is 3. The molecule has 0 aromatic heterocycles. The Balaban J connectivity index is 1.67. The number of rotatable bonds is 3. The Morgan fingerprint density at radius 1 is 1.05 bits per heavy atom. The number of hydrogen-bond donors (Lipinski definition) is 1. The fourth-order valence-electron chi connectivity index (χ4n) is 4.69. The van der Waals surface area contributed by atoms with E-state index in [4.69, 9.17) is 0 Å². The van der Waals surface area contributed by atoms with E-state index in [2.05, 4.69) is 35.2 Å². The van der Waals surface area contributed by atoms with Gasteiger partial charge in [0.05, 0.1) is 0 Å². The monoisotopic (exact) mass is 296 g/mol. The van der Waals surface area contributed by atoms with Gasteiger partial charge in [-0.15, -0.1) is 0 Å². The Morgan fingerprint density at radius 2 is 1.70 bits per heavy atom. The van der Waals surface area contributed by atoms with Crippen molar-refractivity contribution in [2.75, 3.05) is 25.9 Å². The molecule has 0 radical (unpaired) electrons. The van der Waals surface area contributed by atoms with Crippen molar-refractivity contribution in [1.29, 1.82) is 0 Å². The summed E-state index contributed by atoms with van der Waals surface area (Å²) in [7, 11) is 0. The summed E-state index contributed by atoms with van der Waals surface area (Å²) >= 11 is 2.15. The summed E-state index contributed by atoms with van der Waals surface area (Å²) in [5.41, 5.74) is 0.461.